The quantitative estimate of drug-likeness (QED) is 0.793. The van der Waals surface area contributed by atoms with E-state index in [1.165, 1.54) is 11.1 Å². The van der Waals surface area contributed by atoms with Crippen molar-refractivity contribution < 1.29 is 14.7 Å². The lowest BCUT2D eigenvalue weighted by molar-refractivity contribution is -0.121. The first-order valence-electron chi connectivity index (χ1n) is 7.24. The number of rotatable bonds is 1. The smallest absolute Gasteiger partial charge is 0.332 e. The van der Waals surface area contributed by atoms with Crippen LogP contribution in [0.4, 0.5) is 10.5 Å². The van der Waals surface area contributed by atoms with Crippen molar-refractivity contribution >= 4 is 28.4 Å². The number of nitriles is 1. The molecule has 0 radical (unpaired) electrons. The molecule has 1 aromatic carbocycles. The number of amides is 3. The van der Waals surface area contributed by atoms with Crippen LogP contribution in [0.15, 0.2) is 30.5 Å². The van der Waals surface area contributed by atoms with Gasteiger partial charge >= 0.3 is 6.03 Å². The predicted molar refractivity (Wildman–Crippen MR) is 80.5 cm³/mol. The Balaban J connectivity index is 1.89. The lowest BCUT2D eigenvalue weighted by Crippen LogP contribution is -2.36. The first-order chi connectivity index (χ1) is 11.1. The first-order valence-corrected chi connectivity index (χ1v) is 7.24. The second-order valence-electron chi connectivity index (χ2n) is 5.60. The van der Waals surface area contributed by atoms with Crippen molar-refractivity contribution in [3.05, 3.63) is 36.2 Å². The topological polar surface area (TPSA) is 97.5 Å². The van der Waals surface area contributed by atoms with Crippen LogP contribution < -0.4 is 4.90 Å². The predicted octanol–water partition coefficient (Wildman–Crippen LogP) is 1.01. The first kappa shape index (κ1) is 13.7. The van der Waals surface area contributed by atoms with Crippen LogP contribution in [0.25, 0.3) is 10.8 Å². The lowest BCUT2D eigenvalue weighted by Gasteiger charge is -2.17. The number of aliphatic hydroxyl groups excluding tert-OH is 1. The summed E-state index contributed by atoms with van der Waals surface area (Å²) in [5.74, 6) is -0.448. The number of aromatic nitrogens is 1. The summed E-state index contributed by atoms with van der Waals surface area (Å²) in [7, 11) is 0. The van der Waals surface area contributed by atoms with Crippen LogP contribution in [0.1, 0.15) is 12.1 Å². The summed E-state index contributed by atoms with van der Waals surface area (Å²) in [4.78, 5) is 31.7. The SMILES string of the molecule is N#Cc1ncc(N2C(=O)C3[C@H](O)CCN3C2=O)c2ccccc12. The fourth-order valence-corrected chi connectivity index (χ4v) is 3.31. The number of hydrogen-bond donors (Lipinski definition) is 1. The summed E-state index contributed by atoms with van der Waals surface area (Å²) in [6.07, 6.45) is 0.933. The normalized spacial score (nSPS) is 23.5. The molecule has 23 heavy (non-hydrogen) atoms. The summed E-state index contributed by atoms with van der Waals surface area (Å²) in [5.41, 5.74) is 0.583. The minimum atomic E-state index is -0.839. The fraction of sp³-hybridized carbons (Fsp3) is 0.250. The number of urea groups is 1. The molecule has 4 rings (SSSR count). The zero-order chi connectivity index (χ0) is 16.1. The maximum atomic E-state index is 12.6. The minimum Gasteiger partial charge on any atom is -0.390 e. The molecule has 0 aliphatic carbocycles. The van der Waals surface area contributed by atoms with Gasteiger partial charge in [-0.25, -0.2) is 14.7 Å². The second kappa shape index (κ2) is 4.76. The second-order valence-corrected chi connectivity index (χ2v) is 5.60. The van der Waals surface area contributed by atoms with Gasteiger partial charge in [-0.1, -0.05) is 24.3 Å². The van der Waals surface area contributed by atoms with E-state index in [1.807, 2.05) is 6.07 Å². The summed E-state index contributed by atoms with van der Waals surface area (Å²) >= 11 is 0. The fourth-order valence-electron chi connectivity index (χ4n) is 3.31. The number of pyridine rings is 1. The molecule has 3 heterocycles. The van der Waals surface area contributed by atoms with Crippen LogP contribution in [0.2, 0.25) is 0 Å². The van der Waals surface area contributed by atoms with Crippen LogP contribution in [0, 0.1) is 11.3 Å². The van der Waals surface area contributed by atoms with Gasteiger partial charge in [-0.2, -0.15) is 5.26 Å². The molecule has 2 atom stereocenters. The molecule has 0 bridgehead atoms. The molecule has 0 saturated carbocycles. The van der Waals surface area contributed by atoms with Crippen molar-refractivity contribution in [2.75, 3.05) is 11.4 Å². The standard InChI is InChI=1S/C16H12N4O3/c17-7-11-9-3-1-2-4-10(9)12(8-18-11)20-15(22)14-13(21)5-6-19(14)16(20)23/h1-4,8,13-14,21H,5-6H2/t13-,14?/m1/s1. The lowest BCUT2D eigenvalue weighted by atomic mass is 10.1. The van der Waals surface area contributed by atoms with Crippen LogP contribution in [0.3, 0.4) is 0 Å². The summed E-state index contributed by atoms with van der Waals surface area (Å²) in [6.45, 7) is 0.356. The van der Waals surface area contributed by atoms with Crippen LogP contribution in [0.5, 0.6) is 0 Å². The summed E-state index contributed by atoms with van der Waals surface area (Å²) in [5, 5.41) is 20.3. The van der Waals surface area contributed by atoms with Gasteiger partial charge in [-0.3, -0.25) is 4.79 Å². The van der Waals surface area contributed by atoms with Crippen molar-refractivity contribution in [1.29, 1.82) is 5.26 Å². The summed E-state index contributed by atoms with van der Waals surface area (Å²) in [6, 6.07) is 7.75. The van der Waals surface area contributed by atoms with Gasteiger partial charge in [0.2, 0.25) is 0 Å². The van der Waals surface area contributed by atoms with Crippen molar-refractivity contribution in [3.8, 4) is 6.07 Å². The van der Waals surface area contributed by atoms with E-state index in [9.17, 15) is 14.7 Å². The highest BCUT2D eigenvalue weighted by molar-refractivity contribution is 6.24. The van der Waals surface area contributed by atoms with Gasteiger partial charge in [0.15, 0.2) is 0 Å². The molecule has 2 aliphatic heterocycles. The Labute approximate surface area is 131 Å². The van der Waals surface area contributed by atoms with Crippen LogP contribution in [-0.2, 0) is 4.79 Å². The monoisotopic (exact) mass is 308 g/mol. The Morgan fingerprint density at radius 2 is 2.00 bits per heavy atom. The Hall–Kier alpha value is -2.98. The molecule has 2 aromatic rings. The van der Waals surface area contributed by atoms with Gasteiger partial charge in [0, 0.05) is 17.3 Å². The zero-order valence-electron chi connectivity index (χ0n) is 12.0. The largest absolute Gasteiger partial charge is 0.390 e. The average molecular weight is 308 g/mol. The molecular weight excluding hydrogens is 296 g/mol. The third-order valence-corrected chi connectivity index (χ3v) is 4.40. The van der Waals surface area contributed by atoms with Gasteiger partial charge in [0.05, 0.1) is 18.0 Å². The highest BCUT2D eigenvalue weighted by atomic mass is 16.3. The highest BCUT2D eigenvalue weighted by Gasteiger charge is 2.52. The number of hydrogen-bond acceptors (Lipinski definition) is 5. The molecular formula is C16H12N4O3. The number of anilines is 1. The molecule has 7 nitrogen and oxygen atoms in total. The maximum absolute atomic E-state index is 12.6. The number of aliphatic hydroxyl groups is 1. The average Bonchev–Trinajstić information content (AvgIpc) is 3.07. The molecule has 2 aliphatic rings. The number of nitrogens with zero attached hydrogens (tertiary/aromatic N) is 4. The van der Waals surface area contributed by atoms with E-state index in [1.54, 1.807) is 24.3 Å². The highest BCUT2D eigenvalue weighted by Crippen LogP contribution is 2.35. The minimum absolute atomic E-state index is 0.240. The van der Waals surface area contributed by atoms with Crippen molar-refractivity contribution in [1.82, 2.24) is 9.88 Å². The molecule has 1 aromatic heterocycles. The van der Waals surface area contributed by atoms with Crippen molar-refractivity contribution in [3.63, 3.8) is 0 Å². The Morgan fingerprint density at radius 1 is 1.26 bits per heavy atom. The Kier molecular flexibility index (Phi) is 2.83. The van der Waals surface area contributed by atoms with Gasteiger partial charge in [-0.05, 0) is 6.42 Å². The van der Waals surface area contributed by atoms with Crippen molar-refractivity contribution in [2.45, 2.75) is 18.6 Å². The number of fused-ring (bicyclic) bond motifs is 2. The maximum Gasteiger partial charge on any atom is 0.332 e. The molecule has 2 saturated heterocycles. The molecule has 1 unspecified atom stereocenters. The van der Waals surface area contributed by atoms with Crippen molar-refractivity contribution in [2.24, 2.45) is 0 Å². The van der Waals surface area contributed by atoms with E-state index >= 15 is 0 Å². The van der Waals surface area contributed by atoms with Gasteiger partial charge in [-0.15, -0.1) is 0 Å². The zero-order valence-corrected chi connectivity index (χ0v) is 12.0. The number of carbonyl (C=O) groups is 2. The van der Waals surface area contributed by atoms with Crippen LogP contribution >= 0.6 is 0 Å². The molecule has 7 heteroatoms. The van der Waals surface area contributed by atoms with Gasteiger partial charge in [0.25, 0.3) is 5.91 Å². The number of benzene rings is 1. The molecule has 1 N–H and O–H groups in total. The Morgan fingerprint density at radius 3 is 2.70 bits per heavy atom. The van der Waals surface area contributed by atoms with E-state index in [2.05, 4.69) is 4.98 Å². The van der Waals surface area contributed by atoms with E-state index < -0.39 is 24.1 Å². The van der Waals surface area contributed by atoms with E-state index in [0.29, 0.717) is 29.4 Å². The number of imide groups is 1. The summed E-state index contributed by atoms with van der Waals surface area (Å²) < 4.78 is 0. The number of carbonyl (C=O) groups excluding carboxylic acids is 2. The molecule has 114 valence electrons. The van der Waals surface area contributed by atoms with E-state index in [0.717, 1.165) is 4.90 Å². The van der Waals surface area contributed by atoms with Gasteiger partial charge < -0.3 is 10.0 Å². The van der Waals surface area contributed by atoms with Crippen LogP contribution in [-0.4, -0.2) is 45.6 Å². The molecule has 0 spiro atoms. The molecule has 2 fully saturated rings. The third-order valence-electron chi connectivity index (χ3n) is 4.40. The Bertz CT molecular complexity index is 889. The van der Waals surface area contributed by atoms with E-state index in [4.69, 9.17) is 5.26 Å². The molecule has 3 amide bonds. The van der Waals surface area contributed by atoms with Gasteiger partial charge in [0.1, 0.15) is 17.8 Å². The third kappa shape index (κ3) is 1.76. The van der Waals surface area contributed by atoms with E-state index in [-0.39, 0.29) is 5.69 Å².